The molecule has 25 heavy (non-hydrogen) atoms. The number of carbonyl (C=O) groups is 1. The number of amides is 1. The number of nitrogens with zero attached hydrogens (tertiary/aromatic N) is 2. The maximum Gasteiger partial charge on any atom is 0.227 e. The van der Waals surface area contributed by atoms with Gasteiger partial charge >= 0.3 is 0 Å². The molecule has 1 N–H and O–H groups in total. The third-order valence-electron chi connectivity index (χ3n) is 3.81. The highest BCUT2D eigenvalue weighted by Crippen LogP contribution is 2.19. The van der Waals surface area contributed by atoms with Gasteiger partial charge in [0.15, 0.2) is 0 Å². The van der Waals surface area contributed by atoms with Crippen LogP contribution in [-0.2, 0) is 11.2 Å². The first kappa shape index (κ1) is 17.4. The first-order valence-corrected chi connectivity index (χ1v) is 8.84. The van der Waals surface area contributed by atoms with Crippen molar-refractivity contribution in [2.75, 3.05) is 0 Å². The maximum atomic E-state index is 12.1. The first-order chi connectivity index (χ1) is 12.1. The van der Waals surface area contributed by atoms with Crippen LogP contribution in [0.3, 0.4) is 0 Å². The van der Waals surface area contributed by atoms with E-state index in [0.717, 1.165) is 15.6 Å². The van der Waals surface area contributed by atoms with Crippen molar-refractivity contribution in [3.8, 4) is 11.4 Å². The van der Waals surface area contributed by atoms with Gasteiger partial charge in [-0.2, -0.15) is 4.98 Å². The van der Waals surface area contributed by atoms with Crippen LogP contribution in [0.4, 0.5) is 0 Å². The molecule has 0 saturated heterocycles. The second-order valence-electron chi connectivity index (χ2n) is 5.72. The highest BCUT2D eigenvalue weighted by molar-refractivity contribution is 9.10. The van der Waals surface area contributed by atoms with Crippen LogP contribution >= 0.6 is 15.9 Å². The summed E-state index contributed by atoms with van der Waals surface area (Å²) in [6, 6.07) is 17.5. The minimum absolute atomic E-state index is 0.0327. The third-order valence-corrected chi connectivity index (χ3v) is 4.34. The highest BCUT2D eigenvalue weighted by Gasteiger charge is 2.13. The minimum atomic E-state index is -0.0419. The van der Waals surface area contributed by atoms with Crippen LogP contribution < -0.4 is 5.32 Å². The smallest absolute Gasteiger partial charge is 0.227 e. The molecule has 1 heterocycles. The summed E-state index contributed by atoms with van der Waals surface area (Å²) in [4.78, 5) is 16.5. The lowest BCUT2D eigenvalue weighted by atomic mass is 10.1. The third kappa shape index (κ3) is 4.76. The average Bonchev–Trinajstić information content (AvgIpc) is 3.10. The Kier molecular flexibility index (Phi) is 5.60. The van der Waals surface area contributed by atoms with Crippen molar-refractivity contribution in [1.82, 2.24) is 15.5 Å². The molecule has 5 nitrogen and oxygen atoms in total. The molecule has 128 valence electrons. The summed E-state index contributed by atoms with van der Waals surface area (Å²) in [5.41, 5.74) is 1.95. The molecule has 0 aliphatic carbocycles. The predicted molar refractivity (Wildman–Crippen MR) is 98.8 cm³/mol. The summed E-state index contributed by atoms with van der Waals surface area (Å²) in [7, 11) is 0. The van der Waals surface area contributed by atoms with E-state index in [4.69, 9.17) is 4.52 Å². The van der Waals surface area contributed by atoms with E-state index in [1.807, 2.05) is 61.5 Å². The molecule has 0 spiro atoms. The van der Waals surface area contributed by atoms with Crippen molar-refractivity contribution in [2.45, 2.75) is 25.8 Å². The van der Waals surface area contributed by atoms with Gasteiger partial charge in [0.2, 0.25) is 17.6 Å². The quantitative estimate of drug-likeness (QED) is 0.670. The van der Waals surface area contributed by atoms with E-state index in [1.165, 1.54) is 0 Å². The van der Waals surface area contributed by atoms with Crippen molar-refractivity contribution < 1.29 is 9.32 Å². The molecule has 0 fully saturated rings. The Bertz CT molecular complexity index is 831. The van der Waals surface area contributed by atoms with Crippen molar-refractivity contribution in [1.29, 1.82) is 0 Å². The van der Waals surface area contributed by atoms with Gasteiger partial charge in [0, 0.05) is 22.9 Å². The monoisotopic (exact) mass is 399 g/mol. The lowest BCUT2D eigenvalue weighted by molar-refractivity contribution is -0.121. The zero-order chi connectivity index (χ0) is 17.6. The summed E-state index contributed by atoms with van der Waals surface area (Å²) in [6.45, 7) is 1.96. The van der Waals surface area contributed by atoms with Gasteiger partial charge in [-0.1, -0.05) is 51.4 Å². The first-order valence-electron chi connectivity index (χ1n) is 8.04. The predicted octanol–water partition coefficient (Wildman–Crippen LogP) is 4.31. The van der Waals surface area contributed by atoms with E-state index in [0.29, 0.717) is 24.6 Å². The number of benzene rings is 2. The van der Waals surface area contributed by atoms with Crippen LogP contribution in [0.15, 0.2) is 63.6 Å². The molecule has 0 radical (unpaired) electrons. The van der Waals surface area contributed by atoms with E-state index >= 15 is 0 Å². The normalized spacial score (nSPS) is 11.9. The minimum Gasteiger partial charge on any atom is -0.350 e. The fourth-order valence-electron chi connectivity index (χ4n) is 2.43. The molecule has 3 rings (SSSR count). The molecule has 2 aromatic carbocycles. The molecule has 0 saturated carbocycles. The van der Waals surface area contributed by atoms with Gasteiger partial charge in [0.1, 0.15) is 0 Å². The Labute approximate surface area is 154 Å². The average molecular weight is 400 g/mol. The molecule has 1 amide bonds. The summed E-state index contributed by atoms with van der Waals surface area (Å²) in [5.74, 6) is 0.945. The van der Waals surface area contributed by atoms with Crippen molar-refractivity contribution in [2.24, 2.45) is 0 Å². The van der Waals surface area contributed by atoms with Gasteiger partial charge in [-0.25, -0.2) is 0 Å². The number of aromatic nitrogens is 2. The van der Waals surface area contributed by atoms with Gasteiger partial charge in [-0.3, -0.25) is 4.79 Å². The summed E-state index contributed by atoms with van der Waals surface area (Å²) in [5, 5.41) is 6.95. The van der Waals surface area contributed by atoms with Gasteiger partial charge < -0.3 is 9.84 Å². The Balaban J connectivity index is 1.53. The summed E-state index contributed by atoms with van der Waals surface area (Å²) in [6.07, 6.45) is 0.718. The van der Waals surface area contributed by atoms with Crippen molar-refractivity contribution >= 4 is 21.8 Å². The lowest BCUT2D eigenvalue weighted by Gasteiger charge is -2.13. The molecular weight excluding hydrogens is 382 g/mol. The van der Waals surface area contributed by atoms with E-state index in [-0.39, 0.29) is 11.9 Å². The number of hydrogen-bond donors (Lipinski definition) is 1. The van der Waals surface area contributed by atoms with Crippen LogP contribution in [0.25, 0.3) is 11.4 Å². The van der Waals surface area contributed by atoms with Gasteiger partial charge in [0.05, 0.1) is 6.04 Å². The largest absolute Gasteiger partial charge is 0.350 e. The number of nitrogens with one attached hydrogen (secondary N) is 1. The SMILES string of the molecule is C[C@H](NC(=O)CCc1nc(-c2ccc(Br)cc2)no1)c1ccccc1. The Hall–Kier alpha value is -2.47. The zero-order valence-electron chi connectivity index (χ0n) is 13.8. The number of halogens is 1. The number of carbonyl (C=O) groups excluding carboxylic acids is 1. The molecular formula is C19H18BrN3O2. The molecule has 0 aliphatic rings. The zero-order valence-corrected chi connectivity index (χ0v) is 15.4. The molecule has 0 unspecified atom stereocenters. The molecule has 0 bridgehead atoms. The molecule has 3 aromatic rings. The molecule has 1 aromatic heterocycles. The van der Waals surface area contributed by atoms with Crippen molar-refractivity contribution in [3.05, 3.63) is 70.5 Å². The van der Waals surface area contributed by atoms with Crippen LogP contribution in [0, 0.1) is 0 Å². The van der Waals surface area contributed by atoms with Gasteiger partial charge in [-0.05, 0) is 36.8 Å². The second-order valence-corrected chi connectivity index (χ2v) is 6.63. The summed E-state index contributed by atoms with van der Waals surface area (Å²) >= 11 is 3.39. The van der Waals surface area contributed by atoms with E-state index < -0.39 is 0 Å². The summed E-state index contributed by atoms with van der Waals surface area (Å²) < 4.78 is 6.23. The standard InChI is InChI=1S/C19H18BrN3O2/c1-13(14-5-3-2-4-6-14)21-17(24)11-12-18-22-19(23-25-18)15-7-9-16(20)10-8-15/h2-10,13H,11-12H2,1H3,(H,21,24)/t13-/m0/s1. The van der Waals surface area contributed by atoms with Crippen LogP contribution in [0.2, 0.25) is 0 Å². The van der Waals surface area contributed by atoms with Crippen LogP contribution in [0.5, 0.6) is 0 Å². The van der Waals surface area contributed by atoms with E-state index in [1.54, 1.807) is 0 Å². The number of hydrogen-bond acceptors (Lipinski definition) is 4. The fourth-order valence-corrected chi connectivity index (χ4v) is 2.70. The van der Waals surface area contributed by atoms with Gasteiger partial charge in [-0.15, -0.1) is 0 Å². The highest BCUT2D eigenvalue weighted by atomic mass is 79.9. The maximum absolute atomic E-state index is 12.1. The Morgan fingerprint density at radius 3 is 2.60 bits per heavy atom. The molecule has 1 atom stereocenters. The number of aryl methyl sites for hydroxylation is 1. The Morgan fingerprint density at radius 1 is 1.16 bits per heavy atom. The van der Waals surface area contributed by atoms with E-state index in [9.17, 15) is 4.79 Å². The Morgan fingerprint density at radius 2 is 1.88 bits per heavy atom. The number of rotatable bonds is 6. The molecule has 0 aliphatic heterocycles. The second kappa shape index (κ2) is 8.07. The lowest BCUT2D eigenvalue weighted by Crippen LogP contribution is -2.26. The topological polar surface area (TPSA) is 68.0 Å². The van der Waals surface area contributed by atoms with Crippen LogP contribution in [-0.4, -0.2) is 16.0 Å². The van der Waals surface area contributed by atoms with Crippen molar-refractivity contribution in [3.63, 3.8) is 0 Å². The molecule has 6 heteroatoms. The van der Waals surface area contributed by atoms with Crippen LogP contribution in [0.1, 0.15) is 30.8 Å². The van der Waals surface area contributed by atoms with E-state index in [2.05, 4.69) is 31.4 Å². The van der Waals surface area contributed by atoms with Gasteiger partial charge in [0.25, 0.3) is 0 Å². The fraction of sp³-hybridized carbons (Fsp3) is 0.211.